The number of aryl methyl sites for hydroxylation is 2. The van der Waals surface area contributed by atoms with Crippen molar-refractivity contribution in [3.05, 3.63) is 83.4 Å². The number of amides is 1. The van der Waals surface area contributed by atoms with Crippen LogP contribution in [0.4, 0.5) is 10.2 Å². The molecule has 0 unspecified atom stereocenters. The van der Waals surface area contributed by atoms with Crippen molar-refractivity contribution < 1.29 is 9.18 Å². The molecule has 7 heteroatoms. The summed E-state index contributed by atoms with van der Waals surface area (Å²) in [6, 6.07) is 14.7. The van der Waals surface area contributed by atoms with Gasteiger partial charge in [-0.1, -0.05) is 24.3 Å². The molecule has 174 valence electrons. The number of carbonyl (C=O) groups excluding carboxylic acids is 1. The van der Waals surface area contributed by atoms with Crippen molar-refractivity contribution in [3.8, 4) is 11.3 Å². The van der Waals surface area contributed by atoms with Crippen LogP contribution in [0.1, 0.15) is 29.5 Å². The van der Waals surface area contributed by atoms with Crippen molar-refractivity contribution in [3.63, 3.8) is 0 Å². The minimum Gasteiger partial charge on any atom is -0.354 e. The number of fused-ring (bicyclic) bond motifs is 1. The van der Waals surface area contributed by atoms with E-state index in [9.17, 15) is 9.18 Å². The average Bonchev–Trinajstić information content (AvgIpc) is 3.30. The summed E-state index contributed by atoms with van der Waals surface area (Å²) in [5, 5.41) is 7.78. The highest BCUT2D eigenvalue weighted by Gasteiger charge is 2.27. The zero-order valence-corrected chi connectivity index (χ0v) is 19.5. The molecule has 0 aliphatic carbocycles. The van der Waals surface area contributed by atoms with Crippen LogP contribution in [0.3, 0.4) is 0 Å². The van der Waals surface area contributed by atoms with Crippen LogP contribution in [-0.2, 0) is 11.3 Å². The Balaban J connectivity index is 1.33. The van der Waals surface area contributed by atoms with Gasteiger partial charge in [0.2, 0.25) is 5.91 Å². The summed E-state index contributed by atoms with van der Waals surface area (Å²) < 4.78 is 15.0. The molecular weight excluding hydrogens is 429 g/mol. The van der Waals surface area contributed by atoms with Gasteiger partial charge in [0.1, 0.15) is 11.3 Å². The zero-order valence-electron chi connectivity index (χ0n) is 19.5. The maximum atomic E-state index is 13.1. The van der Waals surface area contributed by atoms with E-state index in [2.05, 4.69) is 53.3 Å². The number of nitrogens with zero attached hydrogens (tertiary/aromatic N) is 4. The Morgan fingerprint density at radius 3 is 2.74 bits per heavy atom. The predicted molar refractivity (Wildman–Crippen MR) is 131 cm³/mol. The van der Waals surface area contributed by atoms with Crippen molar-refractivity contribution in [1.29, 1.82) is 0 Å². The van der Waals surface area contributed by atoms with Gasteiger partial charge in [-0.2, -0.15) is 5.10 Å². The lowest BCUT2D eigenvalue weighted by Gasteiger charge is -2.33. The third kappa shape index (κ3) is 4.51. The number of aromatic nitrogens is 3. The summed E-state index contributed by atoms with van der Waals surface area (Å²) in [6.07, 6.45) is 5.37. The molecule has 1 aliphatic heterocycles. The number of hydrogen-bond donors (Lipinski definition) is 1. The van der Waals surface area contributed by atoms with Gasteiger partial charge in [-0.25, -0.2) is 13.9 Å². The largest absolute Gasteiger partial charge is 0.354 e. The fraction of sp³-hybridized carbons (Fsp3) is 0.296. The molecule has 1 atom stereocenters. The lowest BCUT2D eigenvalue weighted by Crippen LogP contribution is -2.43. The predicted octanol–water partition coefficient (Wildman–Crippen LogP) is 4.69. The van der Waals surface area contributed by atoms with Crippen molar-refractivity contribution in [2.45, 2.75) is 33.2 Å². The number of benzene rings is 2. The van der Waals surface area contributed by atoms with E-state index >= 15 is 0 Å². The first kappa shape index (κ1) is 22.1. The SMILES string of the molecule is Cc1ccc(-c2cc3c(N4CCC[C@@H](C(=O)NCc5ccc(F)cc5)C4)nccn3n2)cc1C. The molecule has 1 aliphatic rings. The Kier molecular flexibility index (Phi) is 6.01. The topological polar surface area (TPSA) is 62.5 Å². The molecule has 2 aromatic heterocycles. The van der Waals surface area contributed by atoms with E-state index in [1.54, 1.807) is 18.3 Å². The summed E-state index contributed by atoms with van der Waals surface area (Å²) in [7, 11) is 0. The third-order valence-electron chi connectivity index (χ3n) is 6.64. The van der Waals surface area contributed by atoms with Gasteiger partial charge in [-0.3, -0.25) is 4.79 Å². The number of hydrogen-bond acceptors (Lipinski definition) is 4. The first-order valence-electron chi connectivity index (χ1n) is 11.7. The van der Waals surface area contributed by atoms with Crippen LogP contribution in [0.5, 0.6) is 0 Å². The monoisotopic (exact) mass is 457 g/mol. The summed E-state index contributed by atoms with van der Waals surface area (Å²) >= 11 is 0. The van der Waals surface area contributed by atoms with Crippen molar-refractivity contribution >= 4 is 17.2 Å². The second-order valence-electron chi connectivity index (χ2n) is 9.04. The molecule has 0 radical (unpaired) electrons. The van der Waals surface area contributed by atoms with Gasteiger partial charge in [-0.15, -0.1) is 0 Å². The van der Waals surface area contributed by atoms with Gasteiger partial charge in [-0.05, 0) is 67.6 Å². The Hall–Kier alpha value is -3.74. The van der Waals surface area contributed by atoms with Crippen molar-refractivity contribution in [2.75, 3.05) is 18.0 Å². The van der Waals surface area contributed by atoms with Crippen molar-refractivity contribution in [1.82, 2.24) is 19.9 Å². The third-order valence-corrected chi connectivity index (χ3v) is 6.64. The standard InChI is InChI=1S/C27H28FN5O/c1-18-5-8-21(14-19(18)2)24-15-25-26(29-11-13-33(25)31-24)32-12-3-4-22(17-32)27(34)30-16-20-6-9-23(28)10-7-20/h5-11,13-15,22H,3-4,12,16-17H2,1-2H3,(H,30,34)/t22-/m1/s1. The quantitative estimate of drug-likeness (QED) is 0.473. The Morgan fingerprint density at radius 1 is 1.12 bits per heavy atom. The molecular formula is C27H28FN5O. The molecule has 1 amide bonds. The molecule has 5 rings (SSSR count). The second-order valence-corrected chi connectivity index (χ2v) is 9.04. The maximum Gasteiger partial charge on any atom is 0.225 e. The van der Waals surface area contributed by atoms with E-state index in [1.807, 2.05) is 10.7 Å². The minimum atomic E-state index is -0.278. The van der Waals surface area contributed by atoms with E-state index in [4.69, 9.17) is 5.10 Å². The van der Waals surface area contributed by atoms with Crippen LogP contribution in [0.2, 0.25) is 0 Å². The van der Waals surface area contributed by atoms with Gasteiger partial charge in [0.25, 0.3) is 0 Å². The number of rotatable bonds is 5. The molecule has 1 saturated heterocycles. The van der Waals surface area contributed by atoms with Gasteiger partial charge < -0.3 is 10.2 Å². The van der Waals surface area contributed by atoms with E-state index < -0.39 is 0 Å². The summed E-state index contributed by atoms with van der Waals surface area (Å²) in [5.74, 6) is 0.463. The van der Waals surface area contributed by atoms with Crippen LogP contribution in [0.25, 0.3) is 16.8 Å². The highest BCUT2D eigenvalue weighted by Crippen LogP contribution is 2.29. The zero-order chi connectivity index (χ0) is 23.7. The fourth-order valence-corrected chi connectivity index (χ4v) is 4.51. The Morgan fingerprint density at radius 2 is 1.94 bits per heavy atom. The van der Waals surface area contributed by atoms with E-state index in [1.165, 1.54) is 23.3 Å². The van der Waals surface area contributed by atoms with Crippen LogP contribution < -0.4 is 10.2 Å². The van der Waals surface area contributed by atoms with E-state index in [0.717, 1.165) is 47.5 Å². The number of carbonyl (C=O) groups is 1. The molecule has 0 saturated carbocycles. The molecule has 34 heavy (non-hydrogen) atoms. The Bertz CT molecular complexity index is 1330. The van der Waals surface area contributed by atoms with Gasteiger partial charge in [0, 0.05) is 37.6 Å². The number of anilines is 1. The highest BCUT2D eigenvalue weighted by molar-refractivity contribution is 5.81. The van der Waals surface area contributed by atoms with Crippen LogP contribution >= 0.6 is 0 Å². The molecule has 2 aromatic carbocycles. The average molecular weight is 458 g/mol. The summed E-state index contributed by atoms with van der Waals surface area (Å²) in [5.41, 5.74) is 6.29. The van der Waals surface area contributed by atoms with E-state index in [0.29, 0.717) is 13.1 Å². The molecule has 0 spiro atoms. The minimum absolute atomic E-state index is 0.0188. The molecule has 0 bridgehead atoms. The second kappa shape index (κ2) is 9.25. The van der Waals surface area contributed by atoms with Gasteiger partial charge >= 0.3 is 0 Å². The number of halogens is 1. The normalized spacial score (nSPS) is 16.1. The summed E-state index contributed by atoms with van der Waals surface area (Å²) in [6.45, 7) is 6.06. The molecule has 6 nitrogen and oxygen atoms in total. The number of nitrogens with one attached hydrogen (secondary N) is 1. The fourth-order valence-electron chi connectivity index (χ4n) is 4.51. The highest BCUT2D eigenvalue weighted by atomic mass is 19.1. The van der Waals surface area contributed by atoms with Crippen LogP contribution in [0, 0.1) is 25.6 Å². The lowest BCUT2D eigenvalue weighted by atomic mass is 9.97. The van der Waals surface area contributed by atoms with Gasteiger partial charge in [0.15, 0.2) is 5.82 Å². The van der Waals surface area contributed by atoms with Crippen LogP contribution in [0.15, 0.2) is 60.9 Å². The lowest BCUT2D eigenvalue weighted by molar-refractivity contribution is -0.125. The number of piperidine rings is 1. The van der Waals surface area contributed by atoms with E-state index in [-0.39, 0.29) is 17.6 Å². The van der Waals surface area contributed by atoms with Crippen molar-refractivity contribution in [2.24, 2.45) is 5.92 Å². The molecule has 4 aromatic rings. The molecule has 3 heterocycles. The summed E-state index contributed by atoms with van der Waals surface area (Å²) in [4.78, 5) is 19.7. The van der Waals surface area contributed by atoms with Crippen LogP contribution in [-0.4, -0.2) is 33.6 Å². The first-order valence-corrected chi connectivity index (χ1v) is 11.7. The maximum absolute atomic E-state index is 13.1. The molecule has 1 N–H and O–H groups in total. The first-order chi connectivity index (χ1) is 16.5. The molecule has 1 fully saturated rings. The smallest absolute Gasteiger partial charge is 0.225 e. The Labute approximate surface area is 198 Å². The van der Waals surface area contributed by atoms with Gasteiger partial charge in [0.05, 0.1) is 11.6 Å².